The zero-order chi connectivity index (χ0) is 18.5. The lowest BCUT2D eigenvalue weighted by Gasteiger charge is -2.09. The number of hydrogen-bond acceptors (Lipinski definition) is 6. The number of aryl methyl sites for hydroxylation is 1. The number of anilines is 1. The third kappa shape index (κ3) is 4.14. The van der Waals surface area contributed by atoms with Crippen molar-refractivity contribution in [2.75, 3.05) is 18.2 Å². The number of tetrazole rings is 1. The average Bonchev–Trinajstić information content (AvgIpc) is 3.10. The molecule has 0 aliphatic carbocycles. The van der Waals surface area contributed by atoms with Crippen molar-refractivity contribution in [1.82, 2.24) is 20.2 Å². The monoisotopic (exact) mass is 389 g/mol. The van der Waals surface area contributed by atoms with Gasteiger partial charge in [0, 0.05) is 0 Å². The number of thioether (sulfide) groups is 1. The van der Waals surface area contributed by atoms with E-state index in [1.807, 2.05) is 37.3 Å². The summed E-state index contributed by atoms with van der Waals surface area (Å²) in [6.07, 6.45) is 0. The minimum atomic E-state index is -0.199. The molecule has 0 bridgehead atoms. The number of hydrogen-bond donors (Lipinski definition) is 1. The molecule has 134 valence electrons. The molecule has 0 atom stereocenters. The Labute approximate surface area is 159 Å². The molecule has 3 aromatic rings. The Morgan fingerprint density at radius 2 is 2.12 bits per heavy atom. The van der Waals surface area contributed by atoms with Gasteiger partial charge < -0.3 is 10.1 Å². The molecule has 0 aliphatic rings. The Bertz CT molecular complexity index is 931. The van der Waals surface area contributed by atoms with Crippen molar-refractivity contribution >= 4 is 35.0 Å². The fourth-order valence-electron chi connectivity index (χ4n) is 2.26. The first kappa shape index (κ1) is 18.2. The summed E-state index contributed by atoms with van der Waals surface area (Å²) in [7, 11) is 1.58. The number of ether oxygens (including phenoxy) is 1. The van der Waals surface area contributed by atoms with Crippen LogP contribution in [-0.4, -0.2) is 39.0 Å². The summed E-state index contributed by atoms with van der Waals surface area (Å²) in [5.41, 5.74) is 2.30. The normalized spacial score (nSPS) is 10.6. The van der Waals surface area contributed by atoms with Gasteiger partial charge in [-0.15, -0.1) is 5.10 Å². The van der Waals surface area contributed by atoms with Crippen molar-refractivity contribution in [1.29, 1.82) is 0 Å². The number of halogens is 1. The molecule has 3 rings (SSSR count). The quantitative estimate of drug-likeness (QED) is 0.651. The van der Waals surface area contributed by atoms with Gasteiger partial charge in [0.15, 0.2) is 0 Å². The number of carbonyl (C=O) groups is 1. The Morgan fingerprint density at radius 1 is 1.31 bits per heavy atom. The van der Waals surface area contributed by atoms with Crippen LogP contribution in [0.5, 0.6) is 5.75 Å². The predicted octanol–water partition coefficient (Wildman–Crippen LogP) is 3.36. The second-order valence-corrected chi connectivity index (χ2v) is 6.71. The summed E-state index contributed by atoms with van der Waals surface area (Å²) in [6.45, 7) is 1.94. The van der Waals surface area contributed by atoms with Gasteiger partial charge in [-0.3, -0.25) is 4.79 Å². The maximum atomic E-state index is 12.2. The SMILES string of the molecule is COc1ccccc1-n1nnnc1SCC(=O)Nc1ccc(C)cc1Cl. The Hall–Kier alpha value is -2.58. The Balaban J connectivity index is 1.69. The largest absolute Gasteiger partial charge is 0.494 e. The number of nitrogens with one attached hydrogen (secondary N) is 1. The first-order valence-electron chi connectivity index (χ1n) is 7.69. The molecule has 0 aliphatic heterocycles. The molecule has 9 heteroatoms. The number of aromatic nitrogens is 4. The van der Waals surface area contributed by atoms with Crippen molar-refractivity contribution in [3.05, 3.63) is 53.1 Å². The average molecular weight is 390 g/mol. The standard InChI is InChI=1S/C17H16ClN5O2S/c1-11-7-8-13(12(18)9-11)19-16(24)10-26-17-20-21-22-23(17)14-5-3-4-6-15(14)25-2/h3-9H,10H2,1-2H3,(H,19,24). The third-order valence-corrected chi connectivity index (χ3v) is 4.72. The van der Waals surface area contributed by atoms with E-state index in [0.717, 1.165) is 5.56 Å². The number of methoxy groups -OCH3 is 1. The van der Waals surface area contributed by atoms with Gasteiger partial charge >= 0.3 is 0 Å². The molecule has 0 saturated heterocycles. The first-order valence-corrected chi connectivity index (χ1v) is 9.05. The highest BCUT2D eigenvalue weighted by molar-refractivity contribution is 7.99. The molecule has 0 saturated carbocycles. The lowest BCUT2D eigenvalue weighted by Crippen LogP contribution is -2.15. The molecule has 26 heavy (non-hydrogen) atoms. The summed E-state index contributed by atoms with van der Waals surface area (Å²) in [6, 6.07) is 12.8. The number of amides is 1. The third-order valence-electron chi connectivity index (χ3n) is 3.49. The van der Waals surface area contributed by atoms with Crippen molar-refractivity contribution in [2.24, 2.45) is 0 Å². The van der Waals surface area contributed by atoms with E-state index >= 15 is 0 Å². The zero-order valence-electron chi connectivity index (χ0n) is 14.1. The number of para-hydroxylation sites is 2. The van der Waals surface area contributed by atoms with E-state index in [-0.39, 0.29) is 11.7 Å². The van der Waals surface area contributed by atoms with E-state index in [4.69, 9.17) is 16.3 Å². The van der Waals surface area contributed by atoms with E-state index < -0.39 is 0 Å². The highest BCUT2D eigenvalue weighted by atomic mass is 35.5. The lowest BCUT2D eigenvalue weighted by molar-refractivity contribution is -0.113. The first-order chi connectivity index (χ1) is 12.6. The van der Waals surface area contributed by atoms with Crippen LogP contribution >= 0.6 is 23.4 Å². The van der Waals surface area contributed by atoms with Crippen LogP contribution in [0.2, 0.25) is 5.02 Å². The van der Waals surface area contributed by atoms with Gasteiger partial charge in [0.2, 0.25) is 11.1 Å². The molecule has 0 unspecified atom stereocenters. The minimum absolute atomic E-state index is 0.139. The molecule has 0 spiro atoms. The highest BCUT2D eigenvalue weighted by Gasteiger charge is 2.15. The highest BCUT2D eigenvalue weighted by Crippen LogP contribution is 2.26. The van der Waals surface area contributed by atoms with Crippen molar-refractivity contribution in [2.45, 2.75) is 12.1 Å². The zero-order valence-corrected chi connectivity index (χ0v) is 15.7. The molecule has 0 fully saturated rings. The van der Waals surface area contributed by atoms with Crippen molar-refractivity contribution < 1.29 is 9.53 Å². The van der Waals surface area contributed by atoms with Gasteiger partial charge in [-0.05, 0) is 47.2 Å². The summed E-state index contributed by atoms with van der Waals surface area (Å²) < 4.78 is 6.87. The van der Waals surface area contributed by atoms with Crippen LogP contribution in [0.3, 0.4) is 0 Å². The fourth-order valence-corrected chi connectivity index (χ4v) is 3.23. The van der Waals surface area contributed by atoms with Gasteiger partial charge in [0.1, 0.15) is 11.4 Å². The molecule has 1 heterocycles. The van der Waals surface area contributed by atoms with E-state index in [1.165, 1.54) is 16.4 Å². The van der Waals surface area contributed by atoms with E-state index in [9.17, 15) is 4.79 Å². The molecule has 1 N–H and O–H groups in total. The van der Waals surface area contributed by atoms with Crippen LogP contribution in [0.25, 0.3) is 5.69 Å². The number of nitrogens with zero attached hydrogens (tertiary/aromatic N) is 4. The van der Waals surface area contributed by atoms with Gasteiger partial charge in [-0.2, -0.15) is 4.68 Å². The van der Waals surface area contributed by atoms with E-state index in [2.05, 4.69) is 20.8 Å². The summed E-state index contributed by atoms with van der Waals surface area (Å²) in [5, 5.41) is 15.4. The molecule has 2 aromatic carbocycles. The Kier molecular flexibility index (Phi) is 5.75. The van der Waals surface area contributed by atoms with Crippen molar-refractivity contribution in [3.63, 3.8) is 0 Å². The number of rotatable bonds is 6. The molecule has 1 amide bonds. The van der Waals surface area contributed by atoms with Crippen LogP contribution in [0.15, 0.2) is 47.6 Å². The van der Waals surface area contributed by atoms with Crippen LogP contribution in [0.4, 0.5) is 5.69 Å². The summed E-state index contributed by atoms with van der Waals surface area (Å²) in [5.74, 6) is 0.576. The summed E-state index contributed by atoms with van der Waals surface area (Å²) >= 11 is 7.36. The molecule has 1 aromatic heterocycles. The van der Waals surface area contributed by atoms with Crippen molar-refractivity contribution in [3.8, 4) is 11.4 Å². The second kappa shape index (κ2) is 8.20. The smallest absolute Gasteiger partial charge is 0.234 e. The van der Waals surface area contributed by atoms with E-state index in [1.54, 1.807) is 19.2 Å². The maximum Gasteiger partial charge on any atom is 0.234 e. The predicted molar refractivity (Wildman–Crippen MR) is 101 cm³/mol. The van der Waals surface area contributed by atoms with Gasteiger partial charge in [0.05, 0.1) is 23.6 Å². The van der Waals surface area contributed by atoms with Crippen LogP contribution in [0, 0.1) is 6.92 Å². The summed E-state index contributed by atoms with van der Waals surface area (Å²) in [4.78, 5) is 12.2. The molecule has 7 nitrogen and oxygen atoms in total. The van der Waals surface area contributed by atoms with Crippen LogP contribution < -0.4 is 10.1 Å². The maximum absolute atomic E-state index is 12.2. The number of benzene rings is 2. The Morgan fingerprint density at radius 3 is 2.88 bits per heavy atom. The topological polar surface area (TPSA) is 81.9 Å². The van der Waals surface area contributed by atoms with Crippen LogP contribution in [-0.2, 0) is 4.79 Å². The van der Waals surface area contributed by atoms with E-state index in [0.29, 0.717) is 27.3 Å². The van der Waals surface area contributed by atoms with Gasteiger partial charge in [0.25, 0.3) is 0 Å². The molecular weight excluding hydrogens is 374 g/mol. The molecular formula is C17H16ClN5O2S. The number of carbonyl (C=O) groups excluding carboxylic acids is 1. The second-order valence-electron chi connectivity index (χ2n) is 5.37. The minimum Gasteiger partial charge on any atom is -0.494 e. The lowest BCUT2D eigenvalue weighted by atomic mass is 10.2. The van der Waals surface area contributed by atoms with Gasteiger partial charge in [-0.1, -0.05) is 41.6 Å². The van der Waals surface area contributed by atoms with Gasteiger partial charge in [-0.25, -0.2) is 0 Å². The van der Waals surface area contributed by atoms with Crippen LogP contribution in [0.1, 0.15) is 5.56 Å². The molecule has 0 radical (unpaired) electrons. The fraction of sp³-hybridized carbons (Fsp3) is 0.176.